The predicted molar refractivity (Wildman–Crippen MR) is 83.7 cm³/mol. The first-order chi connectivity index (χ1) is 9.97. The average Bonchev–Trinajstić information content (AvgIpc) is 3.06. The first kappa shape index (κ1) is 15.6. The molecular formula is C13H16N4O2S2. The zero-order valence-electron chi connectivity index (χ0n) is 11.9. The second-order valence-corrected chi connectivity index (χ2v) is 6.89. The molecule has 21 heavy (non-hydrogen) atoms. The molecule has 0 fully saturated rings. The van der Waals surface area contributed by atoms with Crippen molar-refractivity contribution in [2.45, 2.75) is 26.8 Å². The Hall–Kier alpha value is -1.80. The Morgan fingerprint density at radius 2 is 2.05 bits per heavy atom. The molecule has 0 aliphatic carbocycles. The highest BCUT2D eigenvalue weighted by atomic mass is 32.1. The number of carbonyl (C=O) groups excluding carboxylic acids is 2. The van der Waals surface area contributed by atoms with E-state index >= 15 is 0 Å². The van der Waals surface area contributed by atoms with Gasteiger partial charge >= 0.3 is 0 Å². The molecule has 0 aliphatic heterocycles. The van der Waals surface area contributed by atoms with E-state index in [-0.39, 0.29) is 17.7 Å². The van der Waals surface area contributed by atoms with Gasteiger partial charge in [-0.15, -0.1) is 22.7 Å². The molecule has 0 radical (unpaired) electrons. The van der Waals surface area contributed by atoms with Crippen molar-refractivity contribution in [2.75, 3.05) is 5.32 Å². The van der Waals surface area contributed by atoms with Gasteiger partial charge < -0.3 is 10.6 Å². The Morgan fingerprint density at radius 1 is 1.29 bits per heavy atom. The van der Waals surface area contributed by atoms with E-state index in [1.807, 2.05) is 20.8 Å². The molecule has 0 saturated heterocycles. The lowest BCUT2D eigenvalue weighted by Gasteiger charge is -2.20. The van der Waals surface area contributed by atoms with Gasteiger partial charge in [0.25, 0.3) is 5.91 Å². The van der Waals surface area contributed by atoms with Crippen molar-refractivity contribution in [1.29, 1.82) is 0 Å². The Balaban J connectivity index is 2.05. The van der Waals surface area contributed by atoms with Crippen LogP contribution < -0.4 is 10.6 Å². The van der Waals surface area contributed by atoms with E-state index in [0.717, 1.165) is 5.01 Å². The van der Waals surface area contributed by atoms with Gasteiger partial charge in [0.1, 0.15) is 10.9 Å². The molecule has 8 heteroatoms. The molecule has 0 bridgehead atoms. The first-order valence-corrected chi connectivity index (χ1v) is 8.10. The number of nitrogens with zero attached hydrogens (tertiary/aromatic N) is 2. The maximum atomic E-state index is 12.3. The van der Waals surface area contributed by atoms with Crippen molar-refractivity contribution < 1.29 is 9.59 Å². The van der Waals surface area contributed by atoms with Crippen LogP contribution in [0.4, 0.5) is 5.13 Å². The third-order valence-corrected chi connectivity index (χ3v) is 4.34. The van der Waals surface area contributed by atoms with Gasteiger partial charge in [-0.2, -0.15) is 0 Å². The number of aromatic nitrogens is 2. The van der Waals surface area contributed by atoms with Gasteiger partial charge in [0.05, 0.1) is 11.2 Å². The molecule has 0 saturated carbocycles. The minimum atomic E-state index is -0.621. The van der Waals surface area contributed by atoms with Gasteiger partial charge in [-0.1, -0.05) is 13.8 Å². The van der Waals surface area contributed by atoms with Crippen molar-refractivity contribution in [2.24, 2.45) is 5.92 Å². The summed E-state index contributed by atoms with van der Waals surface area (Å²) in [6.07, 6.45) is 3.13. The Kier molecular flexibility index (Phi) is 5.03. The summed E-state index contributed by atoms with van der Waals surface area (Å²) in [5.74, 6) is -0.592. The largest absolute Gasteiger partial charge is 0.339 e. The van der Waals surface area contributed by atoms with Crippen LogP contribution in [-0.4, -0.2) is 27.8 Å². The zero-order valence-corrected chi connectivity index (χ0v) is 13.5. The van der Waals surface area contributed by atoms with Crippen molar-refractivity contribution in [3.63, 3.8) is 0 Å². The van der Waals surface area contributed by atoms with Gasteiger partial charge in [0.15, 0.2) is 5.13 Å². The molecule has 0 unspecified atom stereocenters. The summed E-state index contributed by atoms with van der Waals surface area (Å²) in [7, 11) is 0. The van der Waals surface area contributed by atoms with E-state index in [4.69, 9.17) is 0 Å². The summed E-state index contributed by atoms with van der Waals surface area (Å²) in [6.45, 7) is 5.59. The molecule has 2 amide bonds. The average molecular weight is 324 g/mol. The topological polar surface area (TPSA) is 84.0 Å². The molecule has 2 N–H and O–H groups in total. The first-order valence-electron chi connectivity index (χ1n) is 6.41. The number of hydrogen-bond donors (Lipinski definition) is 2. The summed E-state index contributed by atoms with van der Waals surface area (Å²) < 4.78 is 0. The minimum Gasteiger partial charge on any atom is -0.339 e. The lowest BCUT2D eigenvalue weighted by Crippen LogP contribution is -2.46. The van der Waals surface area contributed by atoms with Crippen molar-refractivity contribution in [3.8, 4) is 0 Å². The fourth-order valence-corrected chi connectivity index (χ4v) is 2.89. The molecule has 2 heterocycles. The predicted octanol–water partition coefficient (Wildman–Crippen LogP) is 2.30. The van der Waals surface area contributed by atoms with Crippen LogP contribution in [0, 0.1) is 12.8 Å². The smallest absolute Gasteiger partial charge is 0.263 e. The fraction of sp³-hybridized carbons (Fsp3) is 0.385. The molecule has 0 spiro atoms. The number of nitrogens with one attached hydrogen (secondary N) is 2. The normalized spacial score (nSPS) is 12.2. The van der Waals surface area contributed by atoms with Crippen molar-refractivity contribution in [3.05, 3.63) is 27.7 Å². The monoisotopic (exact) mass is 324 g/mol. The van der Waals surface area contributed by atoms with Crippen LogP contribution >= 0.6 is 22.7 Å². The SMILES string of the molecule is Cc1ncc(C(=O)N[C@H](C(=O)Nc2nccs2)C(C)C)s1. The van der Waals surface area contributed by atoms with Crippen LogP contribution in [0.5, 0.6) is 0 Å². The molecule has 1 atom stereocenters. The van der Waals surface area contributed by atoms with Gasteiger partial charge in [0.2, 0.25) is 5.91 Å². The molecule has 6 nitrogen and oxygen atoms in total. The Labute approximate surface area is 130 Å². The molecule has 2 aromatic rings. The summed E-state index contributed by atoms with van der Waals surface area (Å²) in [4.78, 5) is 32.9. The van der Waals surface area contributed by atoms with E-state index in [1.165, 1.54) is 28.9 Å². The van der Waals surface area contributed by atoms with Gasteiger partial charge in [-0.3, -0.25) is 9.59 Å². The van der Waals surface area contributed by atoms with Gasteiger partial charge in [-0.05, 0) is 12.8 Å². The lowest BCUT2D eigenvalue weighted by molar-refractivity contribution is -0.118. The van der Waals surface area contributed by atoms with Crippen LogP contribution in [0.15, 0.2) is 17.8 Å². The third-order valence-electron chi connectivity index (χ3n) is 2.74. The third kappa shape index (κ3) is 4.08. The van der Waals surface area contributed by atoms with Crippen LogP contribution in [-0.2, 0) is 4.79 Å². The van der Waals surface area contributed by atoms with E-state index in [0.29, 0.717) is 10.0 Å². The highest BCUT2D eigenvalue weighted by molar-refractivity contribution is 7.14. The van der Waals surface area contributed by atoms with Crippen LogP contribution in [0.1, 0.15) is 28.5 Å². The van der Waals surface area contributed by atoms with Crippen LogP contribution in [0.3, 0.4) is 0 Å². The van der Waals surface area contributed by atoms with Crippen LogP contribution in [0.25, 0.3) is 0 Å². The standard InChI is InChI=1S/C13H16N4O2S2/c1-7(2)10(12(19)17-13-14-4-5-20-13)16-11(18)9-6-15-8(3)21-9/h4-7,10H,1-3H3,(H,16,18)(H,14,17,19)/t10-/m0/s1. The summed E-state index contributed by atoms with van der Waals surface area (Å²) in [5.41, 5.74) is 0. The molecule has 2 aromatic heterocycles. The van der Waals surface area contributed by atoms with E-state index in [2.05, 4.69) is 20.6 Å². The highest BCUT2D eigenvalue weighted by Crippen LogP contribution is 2.15. The second kappa shape index (κ2) is 6.77. The highest BCUT2D eigenvalue weighted by Gasteiger charge is 2.25. The number of anilines is 1. The maximum Gasteiger partial charge on any atom is 0.263 e. The quantitative estimate of drug-likeness (QED) is 0.884. The van der Waals surface area contributed by atoms with Crippen LogP contribution in [0.2, 0.25) is 0 Å². The number of carbonyl (C=O) groups is 2. The summed E-state index contributed by atoms with van der Waals surface area (Å²) in [5, 5.41) is 8.57. The lowest BCUT2D eigenvalue weighted by atomic mass is 10.0. The van der Waals surface area contributed by atoms with Gasteiger partial charge in [-0.25, -0.2) is 9.97 Å². The van der Waals surface area contributed by atoms with E-state index in [9.17, 15) is 9.59 Å². The Morgan fingerprint density at radius 3 is 2.57 bits per heavy atom. The zero-order chi connectivity index (χ0) is 15.4. The maximum absolute atomic E-state index is 12.3. The van der Waals surface area contributed by atoms with Gasteiger partial charge in [0, 0.05) is 11.6 Å². The van der Waals surface area contributed by atoms with Crippen molar-refractivity contribution >= 4 is 39.6 Å². The molecule has 0 aliphatic rings. The van der Waals surface area contributed by atoms with Crippen molar-refractivity contribution in [1.82, 2.24) is 15.3 Å². The number of thiazole rings is 2. The van der Waals surface area contributed by atoms with E-state index < -0.39 is 6.04 Å². The molecule has 0 aromatic carbocycles. The number of aryl methyl sites for hydroxylation is 1. The van der Waals surface area contributed by atoms with E-state index in [1.54, 1.807) is 11.6 Å². The molecular weight excluding hydrogens is 308 g/mol. The summed E-state index contributed by atoms with van der Waals surface area (Å²) >= 11 is 2.64. The minimum absolute atomic E-state index is 0.0390. The molecule has 2 rings (SSSR count). The number of amides is 2. The summed E-state index contributed by atoms with van der Waals surface area (Å²) in [6, 6.07) is -0.621. The fourth-order valence-electron chi connectivity index (χ4n) is 1.68. The number of hydrogen-bond acceptors (Lipinski definition) is 6. The molecule has 112 valence electrons. The second-order valence-electron chi connectivity index (χ2n) is 4.77. The number of rotatable bonds is 5. The Bertz CT molecular complexity index is 622.